The van der Waals surface area contributed by atoms with Gasteiger partial charge in [0.15, 0.2) is 6.10 Å². The third-order valence-corrected chi connectivity index (χ3v) is 10.7. The Kier molecular flexibility index (Phi) is 46.9. The van der Waals surface area contributed by atoms with Crippen LogP contribution in [0.1, 0.15) is 239 Å². The summed E-state index contributed by atoms with van der Waals surface area (Å²) in [5.41, 5.74) is 0. The molecule has 0 heterocycles. The van der Waals surface area contributed by atoms with Crippen molar-refractivity contribution in [2.75, 3.05) is 13.2 Å². The Hall–Kier alpha value is -3.15. The molecule has 350 valence electrons. The molecule has 1 atom stereocenters. The van der Waals surface area contributed by atoms with Gasteiger partial charge in [-0.15, -0.1) is 0 Å². The second kappa shape index (κ2) is 49.5. The van der Waals surface area contributed by atoms with Gasteiger partial charge in [0.2, 0.25) is 0 Å². The SMILES string of the molecule is CC/C=C\C/C=C\C/C=C\C/C=C\C/C=C\CCCC(=O)OC[C@H](COC(=O)CCCCCCCCC/C=C\CCCCCC)OC(=O)CCCCCCCCCCCCC. The van der Waals surface area contributed by atoms with Crippen molar-refractivity contribution in [2.24, 2.45) is 0 Å². The standard InChI is InChI=1S/C55H94O6/c1-4-7-10-13-16-19-22-24-26-27-29-31-34-36-39-42-45-48-54(57)60-51-52(61-55(58)49-46-43-40-37-32-21-18-15-12-9-6-3)50-59-53(56)47-44-41-38-35-33-30-28-25-23-20-17-14-11-8-5-2/h7,10,16,19-20,23-24,26,29,31,36,39,52H,4-6,8-9,11-15,17-18,21-22,25,27-28,30,32-35,37-38,40-51H2,1-3H3/b10-7-,19-16-,23-20-,26-24-,31-29-,39-36-/t52-/m0/s1. The van der Waals surface area contributed by atoms with Crippen molar-refractivity contribution in [1.29, 1.82) is 0 Å². The van der Waals surface area contributed by atoms with E-state index in [0.717, 1.165) is 77.0 Å². The van der Waals surface area contributed by atoms with Gasteiger partial charge in [-0.25, -0.2) is 0 Å². The van der Waals surface area contributed by atoms with Crippen molar-refractivity contribution in [3.8, 4) is 0 Å². The van der Waals surface area contributed by atoms with Gasteiger partial charge in [-0.3, -0.25) is 14.4 Å². The number of carbonyl (C=O) groups is 3. The van der Waals surface area contributed by atoms with Crippen molar-refractivity contribution in [3.63, 3.8) is 0 Å². The number of hydrogen-bond acceptors (Lipinski definition) is 6. The minimum absolute atomic E-state index is 0.0939. The maximum atomic E-state index is 12.8. The van der Waals surface area contributed by atoms with Crippen molar-refractivity contribution >= 4 is 17.9 Å². The molecule has 6 heteroatoms. The highest BCUT2D eigenvalue weighted by atomic mass is 16.6. The van der Waals surface area contributed by atoms with E-state index in [4.69, 9.17) is 14.2 Å². The van der Waals surface area contributed by atoms with Crippen LogP contribution in [0.4, 0.5) is 0 Å². The van der Waals surface area contributed by atoms with Crippen molar-refractivity contribution in [2.45, 2.75) is 245 Å². The van der Waals surface area contributed by atoms with Crippen molar-refractivity contribution in [3.05, 3.63) is 72.9 Å². The zero-order valence-electron chi connectivity index (χ0n) is 39.9. The van der Waals surface area contributed by atoms with E-state index < -0.39 is 6.10 Å². The largest absolute Gasteiger partial charge is 0.462 e. The summed E-state index contributed by atoms with van der Waals surface area (Å²) in [6.45, 7) is 6.45. The maximum absolute atomic E-state index is 12.8. The van der Waals surface area contributed by atoms with Gasteiger partial charge in [0.25, 0.3) is 0 Å². The van der Waals surface area contributed by atoms with Gasteiger partial charge in [-0.05, 0) is 83.5 Å². The summed E-state index contributed by atoms with van der Waals surface area (Å²) >= 11 is 0. The Balaban J connectivity index is 4.45. The lowest BCUT2D eigenvalue weighted by atomic mass is 10.1. The van der Waals surface area contributed by atoms with Gasteiger partial charge >= 0.3 is 17.9 Å². The molecule has 0 N–H and O–H groups in total. The Morgan fingerprint density at radius 1 is 0.344 bits per heavy atom. The Morgan fingerprint density at radius 3 is 1.10 bits per heavy atom. The average Bonchev–Trinajstić information content (AvgIpc) is 3.26. The summed E-state index contributed by atoms with van der Waals surface area (Å²) in [5, 5.41) is 0. The predicted molar refractivity (Wildman–Crippen MR) is 261 cm³/mol. The first-order valence-corrected chi connectivity index (χ1v) is 25.4. The highest BCUT2D eigenvalue weighted by molar-refractivity contribution is 5.71. The van der Waals surface area contributed by atoms with E-state index >= 15 is 0 Å². The number of esters is 3. The molecule has 0 aromatic heterocycles. The highest BCUT2D eigenvalue weighted by Gasteiger charge is 2.19. The number of ether oxygens (including phenoxy) is 3. The molecule has 0 aliphatic carbocycles. The maximum Gasteiger partial charge on any atom is 0.306 e. The number of unbranched alkanes of at least 4 members (excludes halogenated alkanes) is 22. The molecule has 0 aromatic rings. The minimum Gasteiger partial charge on any atom is -0.462 e. The molecule has 0 spiro atoms. The average molecular weight is 851 g/mol. The van der Waals surface area contributed by atoms with Crippen LogP contribution >= 0.6 is 0 Å². The summed E-state index contributed by atoms with van der Waals surface area (Å²) in [4.78, 5) is 37.9. The molecular weight excluding hydrogens is 757 g/mol. The summed E-state index contributed by atoms with van der Waals surface area (Å²) in [7, 11) is 0. The zero-order valence-corrected chi connectivity index (χ0v) is 39.9. The normalized spacial score (nSPS) is 12.6. The van der Waals surface area contributed by atoms with Crippen LogP contribution in [0.15, 0.2) is 72.9 Å². The fourth-order valence-corrected chi connectivity index (χ4v) is 6.88. The van der Waals surface area contributed by atoms with Gasteiger partial charge in [-0.2, -0.15) is 0 Å². The molecule has 0 rings (SSSR count). The molecular formula is C55H94O6. The smallest absolute Gasteiger partial charge is 0.306 e. The first kappa shape index (κ1) is 57.9. The summed E-state index contributed by atoms with van der Waals surface area (Å²) in [6.07, 6.45) is 61.7. The third-order valence-electron chi connectivity index (χ3n) is 10.7. The van der Waals surface area contributed by atoms with Crippen LogP contribution in [-0.2, 0) is 28.6 Å². The van der Waals surface area contributed by atoms with Crippen LogP contribution in [0.25, 0.3) is 0 Å². The fourth-order valence-electron chi connectivity index (χ4n) is 6.88. The molecule has 0 radical (unpaired) electrons. The number of rotatable bonds is 45. The Labute approximate surface area is 376 Å². The van der Waals surface area contributed by atoms with E-state index in [0.29, 0.717) is 19.3 Å². The number of carbonyl (C=O) groups excluding carboxylic acids is 3. The van der Waals surface area contributed by atoms with Gasteiger partial charge < -0.3 is 14.2 Å². The van der Waals surface area contributed by atoms with E-state index in [9.17, 15) is 14.4 Å². The highest BCUT2D eigenvalue weighted by Crippen LogP contribution is 2.14. The number of allylic oxidation sites excluding steroid dienone is 12. The van der Waals surface area contributed by atoms with E-state index in [1.807, 2.05) is 0 Å². The molecule has 0 aliphatic heterocycles. The van der Waals surface area contributed by atoms with Crippen molar-refractivity contribution < 1.29 is 28.6 Å². The van der Waals surface area contributed by atoms with E-state index in [1.54, 1.807) is 0 Å². The molecule has 0 unspecified atom stereocenters. The van der Waals surface area contributed by atoms with Gasteiger partial charge in [0.05, 0.1) is 0 Å². The van der Waals surface area contributed by atoms with E-state index in [-0.39, 0.29) is 37.5 Å². The number of hydrogen-bond donors (Lipinski definition) is 0. The molecule has 0 aliphatic rings. The second-order valence-corrected chi connectivity index (χ2v) is 16.7. The lowest BCUT2D eigenvalue weighted by Crippen LogP contribution is -2.30. The zero-order chi connectivity index (χ0) is 44.4. The third kappa shape index (κ3) is 47.7. The molecule has 6 nitrogen and oxygen atoms in total. The summed E-state index contributed by atoms with van der Waals surface area (Å²) in [5.74, 6) is -0.958. The predicted octanol–water partition coefficient (Wildman–Crippen LogP) is 16.6. The van der Waals surface area contributed by atoms with Gasteiger partial charge in [-0.1, -0.05) is 209 Å². The molecule has 0 bridgehead atoms. The molecule has 0 saturated heterocycles. The van der Waals surface area contributed by atoms with Crippen LogP contribution in [-0.4, -0.2) is 37.2 Å². The monoisotopic (exact) mass is 851 g/mol. The molecule has 0 saturated carbocycles. The summed E-state index contributed by atoms with van der Waals surface area (Å²) < 4.78 is 16.7. The Morgan fingerprint density at radius 2 is 0.656 bits per heavy atom. The second-order valence-electron chi connectivity index (χ2n) is 16.7. The van der Waals surface area contributed by atoms with Crippen LogP contribution in [0.2, 0.25) is 0 Å². The quantitative estimate of drug-likeness (QED) is 0.0263. The first-order valence-electron chi connectivity index (χ1n) is 25.4. The lowest BCUT2D eigenvalue weighted by molar-refractivity contribution is -0.167. The van der Waals surface area contributed by atoms with Crippen LogP contribution in [0.3, 0.4) is 0 Å². The first-order chi connectivity index (χ1) is 30.0. The van der Waals surface area contributed by atoms with Gasteiger partial charge in [0, 0.05) is 19.3 Å². The van der Waals surface area contributed by atoms with Crippen molar-refractivity contribution in [1.82, 2.24) is 0 Å². The topological polar surface area (TPSA) is 78.9 Å². The van der Waals surface area contributed by atoms with Crippen LogP contribution < -0.4 is 0 Å². The van der Waals surface area contributed by atoms with E-state index in [1.165, 1.54) is 116 Å². The lowest BCUT2D eigenvalue weighted by Gasteiger charge is -2.18. The molecule has 0 fully saturated rings. The fraction of sp³-hybridized carbons (Fsp3) is 0.727. The van der Waals surface area contributed by atoms with Crippen LogP contribution in [0, 0.1) is 0 Å². The summed E-state index contributed by atoms with van der Waals surface area (Å²) in [6, 6.07) is 0. The van der Waals surface area contributed by atoms with E-state index in [2.05, 4.69) is 93.7 Å². The Bertz CT molecular complexity index is 1160. The molecule has 61 heavy (non-hydrogen) atoms. The van der Waals surface area contributed by atoms with Crippen LogP contribution in [0.5, 0.6) is 0 Å². The van der Waals surface area contributed by atoms with Gasteiger partial charge in [0.1, 0.15) is 13.2 Å². The molecule has 0 amide bonds. The minimum atomic E-state index is -0.796. The molecule has 0 aromatic carbocycles.